The molecule has 0 amide bonds. The Hall–Kier alpha value is 0.500. The minimum absolute atomic E-state index is 0. The molecule has 2 N–H and O–H groups in total. The Morgan fingerprint density at radius 2 is 1.50 bits per heavy atom. The van der Waals surface area contributed by atoms with Gasteiger partial charge in [0.2, 0.25) is 0 Å². The summed E-state index contributed by atoms with van der Waals surface area (Å²) in [7, 11) is 2.21. The fraction of sp³-hybridized carbons (Fsp3) is 1.00. The summed E-state index contributed by atoms with van der Waals surface area (Å²) in [5.41, 5.74) is 6.02. The highest BCUT2D eigenvalue weighted by Gasteiger charge is 2.38. The van der Waals surface area contributed by atoms with Crippen molar-refractivity contribution in [2.75, 3.05) is 20.1 Å². The Bertz CT molecular complexity index is 129. The van der Waals surface area contributed by atoms with E-state index in [2.05, 4.69) is 11.9 Å². The van der Waals surface area contributed by atoms with E-state index in [1.54, 1.807) is 0 Å². The molecule has 2 unspecified atom stereocenters. The molecule has 2 atom stereocenters. The van der Waals surface area contributed by atoms with E-state index in [9.17, 15) is 0 Å². The van der Waals surface area contributed by atoms with Crippen molar-refractivity contribution in [2.24, 2.45) is 17.6 Å². The Kier molecular flexibility index (Phi) is 4.85. The first-order valence-corrected chi connectivity index (χ1v) is 4.21. The quantitative estimate of drug-likeness (QED) is 0.653. The molecule has 1 heterocycles. The van der Waals surface area contributed by atoms with E-state index in [0.29, 0.717) is 6.04 Å². The maximum Gasteiger partial charge on any atom is 0.0120 e. The number of hydrogen-bond acceptors (Lipinski definition) is 2. The Morgan fingerprint density at radius 1 is 1.08 bits per heavy atom. The number of likely N-dealkylation sites (tertiary alicyclic amines) is 1. The zero-order chi connectivity index (χ0) is 7.14. The SMILES string of the molecule is CN1CC2CCC(C1)C2N.Cl.Cl. The Labute approximate surface area is 86.7 Å². The van der Waals surface area contributed by atoms with Gasteiger partial charge in [0.15, 0.2) is 0 Å². The summed E-state index contributed by atoms with van der Waals surface area (Å²) in [6.07, 6.45) is 2.74. The minimum atomic E-state index is 0. The summed E-state index contributed by atoms with van der Waals surface area (Å²) in [4.78, 5) is 2.42. The van der Waals surface area contributed by atoms with Gasteiger partial charge in [0.1, 0.15) is 0 Å². The number of piperidine rings is 1. The van der Waals surface area contributed by atoms with Crippen LogP contribution in [0.3, 0.4) is 0 Å². The molecule has 2 nitrogen and oxygen atoms in total. The van der Waals surface area contributed by atoms with Crippen molar-refractivity contribution in [3.8, 4) is 0 Å². The molecule has 0 spiro atoms. The van der Waals surface area contributed by atoms with E-state index in [-0.39, 0.29) is 24.8 Å². The largest absolute Gasteiger partial charge is 0.327 e. The third-order valence-electron chi connectivity index (χ3n) is 3.09. The number of halogens is 2. The summed E-state index contributed by atoms with van der Waals surface area (Å²) in [6.45, 7) is 2.47. The number of fused-ring (bicyclic) bond motifs is 2. The van der Waals surface area contributed by atoms with Gasteiger partial charge in [-0.3, -0.25) is 0 Å². The fourth-order valence-electron chi connectivity index (χ4n) is 2.50. The van der Waals surface area contributed by atoms with Gasteiger partial charge in [0.05, 0.1) is 0 Å². The average molecular weight is 213 g/mol. The number of nitrogens with two attached hydrogens (primary N) is 1. The van der Waals surface area contributed by atoms with Gasteiger partial charge in [-0.05, 0) is 31.7 Å². The lowest BCUT2D eigenvalue weighted by atomic mass is 9.94. The van der Waals surface area contributed by atoms with Crippen LogP contribution >= 0.6 is 24.8 Å². The Balaban J connectivity index is 0.000000605. The molecule has 2 fully saturated rings. The minimum Gasteiger partial charge on any atom is -0.327 e. The summed E-state index contributed by atoms with van der Waals surface area (Å²) in [5.74, 6) is 1.62. The van der Waals surface area contributed by atoms with E-state index < -0.39 is 0 Å². The van der Waals surface area contributed by atoms with Crippen LogP contribution in [0, 0.1) is 11.8 Å². The van der Waals surface area contributed by atoms with Gasteiger partial charge in [0.25, 0.3) is 0 Å². The predicted molar refractivity (Wildman–Crippen MR) is 56.2 cm³/mol. The van der Waals surface area contributed by atoms with Crippen molar-refractivity contribution >= 4 is 24.8 Å². The second-order valence-corrected chi connectivity index (χ2v) is 3.90. The molecule has 0 aromatic carbocycles. The van der Waals surface area contributed by atoms with Crippen LogP contribution in [0.15, 0.2) is 0 Å². The number of hydrogen-bond donors (Lipinski definition) is 1. The maximum atomic E-state index is 6.02. The second kappa shape index (κ2) is 4.66. The third kappa shape index (κ3) is 2.05. The van der Waals surface area contributed by atoms with Crippen molar-refractivity contribution in [3.63, 3.8) is 0 Å². The number of rotatable bonds is 0. The zero-order valence-corrected chi connectivity index (χ0v) is 9.03. The van der Waals surface area contributed by atoms with E-state index in [0.717, 1.165) is 11.8 Å². The monoisotopic (exact) mass is 212 g/mol. The molecule has 1 aliphatic heterocycles. The van der Waals surface area contributed by atoms with Crippen molar-refractivity contribution in [1.82, 2.24) is 4.90 Å². The first-order chi connectivity index (χ1) is 4.77. The van der Waals surface area contributed by atoms with Crippen molar-refractivity contribution in [3.05, 3.63) is 0 Å². The normalized spacial score (nSPS) is 40.0. The molecule has 4 heteroatoms. The molecule has 1 aliphatic carbocycles. The van der Waals surface area contributed by atoms with Crippen LogP contribution in [-0.4, -0.2) is 31.1 Å². The highest BCUT2D eigenvalue weighted by Crippen LogP contribution is 2.34. The molecular weight excluding hydrogens is 195 g/mol. The van der Waals surface area contributed by atoms with Crippen LogP contribution < -0.4 is 5.73 Å². The molecule has 0 radical (unpaired) electrons. The first-order valence-electron chi connectivity index (χ1n) is 4.21. The van der Waals surface area contributed by atoms with E-state index in [1.165, 1.54) is 25.9 Å². The zero-order valence-electron chi connectivity index (χ0n) is 7.40. The van der Waals surface area contributed by atoms with Crippen LogP contribution in [-0.2, 0) is 0 Å². The van der Waals surface area contributed by atoms with Crippen molar-refractivity contribution in [2.45, 2.75) is 18.9 Å². The van der Waals surface area contributed by atoms with Gasteiger partial charge in [-0.1, -0.05) is 0 Å². The molecule has 74 valence electrons. The second-order valence-electron chi connectivity index (χ2n) is 3.90. The lowest BCUT2D eigenvalue weighted by Gasteiger charge is -2.33. The fourth-order valence-corrected chi connectivity index (χ4v) is 2.50. The van der Waals surface area contributed by atoms with Crippen LogP contribution in [0.4, 0.5) is 0 Å². The average Bonchev–Trinajstić information content (AvgIpc) is 2.20. The Morgan fingerprint density at radius 3 is 1.92 bits per heavy atom. The lowest BCUT2D eigenvalue weighted by Crippen LogP contribution is -2.47. The molecule has 12 heavy (non-hydrogen) atoms. The summed E-state index contributed by atoms with van der Waals surface area (Å²) >= 11 is 0. The number of nitrogens with zero attached hydrogens (tertiary/aromatic N) is 1. The highest BCUT2D eigenvalue weighted by molar-refractivity contribution is 5.85. The summed E-state index contributed by atoms with van der Waals surface area (Å²) < 4.78 is 0. The third-order valence-corrected chi connectivity index (χ3v) is 3.09. The summed E-state index contributed by atoms with van der Waals surface area (Å²) in [5, 5.41) is 0. The molecular formula is C8H18Cl2N2. The van der Waals surface area contributed by atoms with Gasteiger partial charge in [-0.15, -0.1) is 24.8 Å². The van der Waals surface area contributed by atoms with Crippen LogP contribution in [0.1, 0.15) is 12.8 Å². The van der Waals surface area contributed by atoms with Gasteiger partial charge in [-0.25, -0.2) is 0 Å². The topological polar surface area (TPSA) is 29.3 Å². The molecule has 2 rings (SSSR count). The van der Waals surface area contributed by atoms with Crippen molar-refractivity contribution < 1.29 is 0 Å². The van der Waals surface area contributed by atoms with Crippen LogP contribution in [0.25, 0.3) is 0 Å². The van der Waals surface area contributed by atoms with Gasteiger partial charge in [0, 0.05) is 19.1 Å². The molecule has 2 bridgehead atoms. The smallest absolute Gasteiger partial charge is 0.0120 e. The standard InChI is InChI=1S/C8H16N2.2ClH/c1-10-4-6-2-3-7(5-10)8(6)9;;/h6-8H,2-5,9H2,1H3;2*1H. The maximum absolute atomic E-state index is 6.02. The van der Waals surface area contributed by atoms with Gasteiger partial charge < -0.3 is 10.6 Å². The van der Waals surface area contributed by atoms with Crippen LogP contribution in [0.2, 0.25) is 0 Å². The van der Waals surface area contributed by atoms with Gasteiger partial charge >= 0.3 is 0 Å². The molecule has 1 saturated heterocycles. The van der Waals surface area contributed by atoms with E-state index >= 15 is 0 Å². The first kappa shape index (κ1) is 12.5. The molecule has 0 aromatic rings. The summed E-state index contributed by atoms with van der Waals surface area (Å²) in [6, 6.07) is 0.524. The molecule has 2 aliphatic rings. The van der Waals surface area contributed by atoms with Crippen LogP contribution in [0.5, 0.6) is 0 Å². The molecule has 1 saturated carbocycles. The van der Waals surface area contributed by atoms with Crippen molar-refractivity contribution in [1.29, 1.82) is 0 Å². The highest BCUT2D eigenvalue weighted by atomic mass is 35.5. The van der Waals surface area contributed by atoms with E-state index in [1.807, 2.05) is 0 Å². The predicted octanol–water partition coefficient (Wildman–Crippen LogP) is 1.13. The van der Waals surface area contributed by atoms with E-state index in [4.69, 9.17) is 5.73 Å². The van der Waals surface area contributed by atoms with Gasteiger partial charge in [-0.2, -0.15) is 0 Å². The lowest BCUT2D eigenvalue weighted by molar-refractivity contribution is 0.177. The molecule has 0 aromatic heterocycles.